The number of aryl methyl sites for hydroxylation is 1. The maximum atomic E-state index is 11.5. The smallest absolute Gasteiger partial charge is 0.307 e. The van der Waals surface area contributed by atoms with Crippen LogP contribution in [0.25, 0.3) is 0 Å². The number of hydrogen-bond donors (Lipinski definition) is 2. The first-order valence-electron chi connectivity index (χ1n) is 9.17. The summed E-state index contributed by atoms with van der Waals surface area (Å²) in [6, 6.07) is 17.4. The molecule has 2 N–H and O–H groups in total. The van der Waals surface area contributed by atoms with E-state index in [0.29, 0.717) is 10.8 Å². The minimum atomic E-state index is -0.203. The first kappa shape index (κ1) is 17.1. The Bertz CT molecular complexity index is 958. The highest BCUT2D eigenvalue weighted by Crippen LogP contribution is 2.35. The molecule has 4 rings (SSSR count). The van der Waals surface area contributed by atoms with Gasteiger partial charge in [0, 0.05) is 5.92 Å². The summed E-state index contributed by atoms with van der Waals surface area (Å²) >= 11 is 1.10. The highest BCUT2D eigenvalue weighted by Gasteiger charge is 2.22. The molecule has 0 bridgehead atoms. The summed E-state index contributed by atoms with van der Waals surface area (Å²) < 4.78 is 0. The summed E-state index contributed by atoms with van der Waals surface area (Å²) in [5, 5.41) is 9.93. The number of aromatic nitrogens is 1. The van der Waals surface area contributed by atoms with E-state index < -0.39 is 0 Å². The highest BCUT2D eigenvalue weighted by molar-refractivity contribution is 7.09. The van der Waals surface area contributed by atoms with E-state index in [1.54, 1.807) is 0 Å². The van der Waals surface area contributed by atoms with Crippen LogP contribution >= 0.6 is 11.3 Å². The molecule has 26 heavy (non-hydrogen) atoms. The molecule has 0 aliphatic heterocycles. The van der Waals surface area contributed by atoms with Crippen molar-refractivity contribution in [2.24, 2.45) is 5.92 Å². The van der Waals surface area contributed by atoms with Crippen LogP contribution in [-0.2, 0) is 19.3 Å². The van der Waals surface area contributed by atoms with Crippen molar-refractivity contribution >= 4 is 11.3 Å². The molecule has 0 amide bonds. The first-order chi connectivity index (χ1) is 12.6. The van der Waals surface area contributed by atoms with Crippen molar-refractivity contribution in [1.29, 1.82) is 0 Å². The van der Waals surface area contributed by atoms with Gasteiger partial charge in [0.25, 0.3) is 0 Å². The Hall–Kier alpha value is -2.33. The Morgan fingerprint density at radius 1 is 1.19 bits per heavy atom. The summed E-state index contributed by atoms with van der Waals surface area (Å²) in [6.07, 6.45) is 4.58. The van der Waals surface area contributed by atoms with Gasteiger partial charge in [-0.1, -0.05) is 66.8 Å². The molecule has 1 aliphatic carbocycles. The molecule has 2 unspecified atom stereocenters. The molecule has 134 valence electrons. The molecule has 1 aromatic heterocycles. The van der Waals surface area contributed by atoms with Crippen LogP contribution in [0.1, 0.15) is 46.4 Å². The van der Waals surface area contributed by atoms with Crippen LogP contribution < -0.4 is 4.87 Å². The molecule has 0 saturated heterocycles. The largest absolute Gasteiger partial charge is 0.494 e. The third-order valence-corrected chi connectivity index (χ3v) is 6.53. The van der Waals surface area contributed by atoms with Gasteiger partial charge < -0.3 is 5.11 Å². The standard InChI is InChI=1S/C22H23NO2S/c1-14(20-21(24)23-22(25)26-20)17-9-10-18-12-16(7-8-19(18)13-17)11-15-5-3-2-4-6-15/h2-6,9-10,13-14,16,24H,7-8,11-12H2,1H3,(H,23,25). The average Bonchev–Trinajstić information content (AvgIpc) is 2.99. The first-order valence-corrected chi connectivity index (χ1v) is 9.99. The van der Waals surface area contributed by atoms with Gasteiger partial charge >= 0.3 is 4.87 Å². The lowest BCUT2D eigenvalue weighted by atomic mass is 9.79. The Morgan fingerprint density at radius 3 is 2.73 bits per heavy atom. The average molecular weight is 365 g/mol. The Morgan fingerprint density at radius 2 is 2.00 bits per heavy atom. The number of aromatic hydroxyl groups is 1. The van der Waals surface area contributed by atoms with E-state index in [-0.39, 0.29) is 16.7 Å². The zero-order chi connectivity index (χ0) is 18.1. The van der Waals surface area contributed by atoms with Crippen molar-refractivity contribution in [2.75, 3.05) is 0 Å². The molecule has 1 heterocycles. The Balaban J connectivity index is 1.52. The van der Waals surface area contributed by atoms with Crippen LogP contribution in [0.15, 0.2) is 53.3 Å². The lowest BCUT2D eigenvalue weighted by Gasteiger charge is -2.26. The van der Waals surface area contributed by atoms with Crippen molar-refractivity contribution in [2.45, 2.75) is 38.5 Å². The molecule has 3 aromatic rings. The number of rotatable bonds is 4. The molecule has 0 radical (unpaired) electrons. The van der Waals surface area contributed by atoms with E-state index in [9.17, 15) is 9.90 Å². The SMILES string of the molecule is CC(c1ccc2c(c1)CCC(Cc1ccccc1)C2)c1sc(=O)[nH]c1O. The van der Waals surface area contributed by atoms with Gasteiger partial charge in [-0.15, -0.1) is 0 Å². The molecule has 3 nitrogen and oxygen atoms in total. The van der Waals surface area contributed by atoms with Gasteiger partial charge in [-0.3, -0.25) is 9.78 Å². The number of thiazole rings is 1. The number of benzene rings is 2. The third kappa shape index (κ3) is 3.47. The molecule has 4 heteroatoms. The number of H-pyrrole nitrogens is 1. The summed E-state index contributed by atoms with van der Waals surface area (Å²) in [5.74, 6) is 0.728. The fraction of sp³-hybridized carbons (Fsp3) is 0.318. The predicted molar refractivity (Wildman–Crippen MR) is 106 cm³/mol. The lowest BCUT2D eigenvalue weighted by molar-refractivity contribution is 0.448. The third-order valence-electron chi connectivity index (χ3n) is 5.48. The van der Waals surface area contributed by atoms with Crippen LogP contribution in [0.3, 0.4) is 0 Å². The number of nitrogens with one attached hydrogen (secondary N) is 1. The van der Waals surface area contributed by atoms with Crippen molar-refractivity contribution in [1.82, 2.24) is 4.98 Å². The second kappa shape index (κ2) is 7.12. The zero-order valence-electron chi connectivity index (χ0n) is 14.9. The molecular weight excluding hydrogens is 342 g/mol. The van der Waals surface area contributed by atoms with Crippen molar-refractivity contribution in [3.05, 3.63) is 85.3 Å². The molecule has 0 fully saturated rings. The molecule has 0 saturated carbocycles. The summed E-state index contributed by atoms with van der Waals surface area (Å²) in [7, 11) is 0. The quantitative estimate of drug-likeness (QED) is 0.707. The number of hydrogen-bond acceptors (Lipinski definition) is 3. The van der Waals surface area contributed by atoms with Gasteiger partial charge in [-0.05, 0) is 53.9 Å². The van der Waals surface area contributed by atoms with Crippen LogP contribution in [0.4, 0.5) is 0 Å². The van der Waals surface area contributed by atoms with E-state index in [0.717, 1.165) is 36.2 Å². The lowest BCUT2D eigenvalue weighted by Crippen LogP contribution is -2.17. The van der Waals surface area contributed by atoms with E-state index >= 15 is 0 Å². The van der Waals surface area contributed by atoms with Gasteiger partial charge in [-0.2, -0.15) is 0 Å². The maximum Gasteiger partial charge on any atom is 0.307 e. The van der Waals surface area contributed by atoms with E-state index in [1.165, 1.54) is 23.1 Å². The minimum absolute atomic E-state index is 0.00754. The maximum absolute atomic E-state index is 11.5. The summed E-state index contributed by atoms with van der Waals surface area (Å²) in [4.78, 5) is 14.4. The van der Waals surface area contributed by atoms with Gasteiger partial charge in [0.1, 0.15) is 0 Å². The fourth-order valence-electron chi connectivity index (χ4n) is 4.02. The highest BCUT2D eigenvalue weighted by atomic mass is 32.1. The monoisotopic (exact) mass is 365 g/mol. The minimum Gasteiger partial charge on any atom is -0.494 e. The van der Waals surface area contributed by atoms with E-state index in [2.05, 4.69) is 53.5 Å². The van der Waals surface area contributed by atoms with Crippen molar-refractivity contribution in [3.63, 3.8) is 0 Å². The zero-order valence-corrected chi connectivity index (χ0v) is 15.7. The van der Waals surface area contributed by atoms with Crippen molar-refractivity contribution in [3.8, 4) is 5.88 Å². The second-order valence-electron chi connectivity index (χ2n) is 7.28. The molecule has 0 spiro atoms. The topological polar surface area (TPSA) is 53.1 Å². The fourth-order valence-corrected chi connectivity index (χ4v) is 4.83. The van der Waals surface area contributed by atoms with Gasteiger partial charge in [0.05, 0.1) is 4.88 Å². The van der Waals surface area contributed by atoms with Crippen LogP contribution in [0.5, 0.6) is 5.88 Å². The van der Waals surface area contributed by atoms with E-state index in [4.69, 9.17) is 0 Å². The summed E-state index contributed by atoms with van der Waals surface area (Å²) in [6.45, 7) is 2.04. The van der Waals surface area contributed by atoms with Gasteiger partial charge in [0.15, 0.2) is 0 Å². The Kier molecular flexibility index (Phi) is 4.68. The second-order valence-corrected chi connectivity index (χ2v) is 8.29. The predicted octanol–water partition coefficient (Wildman–Crippen LogP) is 4.64. The van der Waals surface area contributed by atoms with Crippen LogP contribution in [-0.4, -0.2) is 10.1 Å². The number of aromatic amines is 1. The number of fused-ring (bicyclic) bond motifs is 1. The molecule has 2 atom stereocenters. The van der Waals surface area contributed by atoms with Crippen molar-refractivity contribution < 1.29 is 5.11 Å². The van der Waals surface area contributed by atoms with Gasteiger partial charge in [0.2, 0.25) is 5.88 Å². The van der Waals surface area contributed by atoms with Crippen LogP contribution in [0.2, 0.25) is 0 Å². The summed E-state index contributed by atoms with van der Waals surface area (Å²) in [5.41, 5.74) is 5.44. The molecule has 1 aliphatic rings. The van der Waals surface area contributed by atoms with E-state index in [1.807, 2.05) is 6.92 Å². The van der Waals surface area contributed by atoms with Crippen LogP contribution in [0, 0.1) is 5.92 Å². The normalized spacial score (nSPS) is 17.7. The van der Waals surface area contributed by atoms with Gasteiger partial charge in [-0.25, -0.2) is 0 Å². The molecule has 2 aromatic carbocycles. The molecular formula is C22H23NO2S. The Labute approximate surface area is 157 Å².